The SMILES string of the molecule is O=C[C@H](O)[C@H](O)[C@H](O)COP(=O)(OC[C@H]1O[C@@H](n2cnc3c(O)ncnc32)[C@H](OP(=O)(O)O)[C@@H]1O)OP(=O)(O)O. The molecule has 0 saturated carbocycles. The van der Waals surface area contributed by atoms with Crippen LogP contribution in [0.2, 0.25) is 0 Å². The van der Waals surface area contributed by atoms with E-state index in [4.69, 9.17) is 19.0 Å². The fourth-order valence-electron chi connectivity index (χ4n) is 3.33. The van der Waals surface area contributed by atoms with E-state index in [1.165, 1.54) is 0 Å². The predicted molar refractivity (Wildman–Crippen MR) is 121 cm³/mol. The third-order valence-corrected chi connectivity index (χ3v) is 8.18. The molecule has 0 spiro atoms. The van der Waals surface area contributed by atoms with Crippen molar-refractivity contribution in [3.63, 3.8) is 0 Å². The van der Waals surface area contributed by atoms with Gasteiger partial charge in [0.25, 0.3) is 0 Å². The van der Waals surface area contributed by atoms with Gasteiger partial charge in [0.1, 0.15) is 43.0 Å². The van der Waals surface area contributed by atoms with Crippen molar-refractivity contribution in [3.05, 3.63) is 12.7 Å². The van der Waals surface area contributed by atoms with Crippen LogP contribution >= 0.6 is 23.5 Å². The molecule has 1 aliphatic rings. The van der Waals surface area contributed by atoms with Gasteiger partial charge in [-0.1, -0.05) is 0 Å². The lowest BCUT2D eigenvalue weighted by molar-refractivity contribution is -0.127. The third-order valence-electron chi connectivity index (χ3n) is 5.08. The molecule has 1 aliphatic heterocycles. The molecule has 226 valence electrons. The van der Waals surface area contributed by atoms with Crippen molar-refractivity contribution in [3.8, 4) is 5.88 Å². The van der Waals surface area contributed by atoms with E-state index in [1.54, 1.807) is 0 Å². The van der Waals surface area contributed by atoms with Crippen molar-refractivity contribution < 1.29 is 86.2 Å². The van der Waals surface area contributed by atoms with Crippen LogP contribution in [0.5, 0.6) is 5.88 Å². The van der Waals surface area contributed by atoms with E-state index >= 15 is 0 Å². The zero-order valence-corrected chi connectivity index (χ0v) is 22.2. The number of aliphatic hydroxyl groups excluding tert-OH is 4. The number of carbonyl (C=O) groups is 1. The van der Waals surface area contributed by atoms with E-state index in [1.807, 2.05) is 0 Å². The number of aldehydes is 1. The first-order chi connectivity index (χ1) is 18.4. The monoisotopic (exact) mass is 640 g/mol. The summed E-state index contributed by atoms with van der Waals surface area (Å²) in [6, 6.07) is 0. The lowest BCUT2D eigenvalue weighted by atomic mass is 10.1. The molecule has 0 bridgehead atoms. The second-order valence-corrected chi connectivity index (χ2v) is 12.2. The average molecular weight is 640 g/mol. The third kappa shape index (κ3) is 8.14. The molecule has 40 heavy (non-hydrogen) atoms. The number of hydrogen-bond acceptors (Lipinski definition) is 17. The maximum Gasteiger partial charge on any atom is 0.483 e. The highest BCUT2D eigenvalue weighted by molar-refractivity contribution is 7.61. The van der Waals surface area contributed by atoms with Gasteiger partial charge in [-0.25, -0.2) is 23.7 Å². The van der Waals surface area contributed by atoms with Crippen LogP contribution in [0.3, 0.4) is 0 Å². The molecule has 0 aromatic carbocycles. The maximum absolute atomic E-state index is 12.9. The zero-order chi connectivity index (χ0) is 30.0. The average Bonchev–Trinajstić information content (AvgIpc) is 3.40. The molecule has 0 amide bonds. The highest BCUT2D eigenvalue weighted by atomic mass is 31.3. The number of carbonyl (C=O) groups excluding carboxylic acids is 1. The number of phosphoric ester groups is 2. The molecule has 1 saturated heterocycles. The van der Waals surface area contributed by atoms with Crippen LogP contribution < -0.4 is 0 Å². The quantitative estimate of drug-likeness (QED) is 0.0725. The number of nitrogens with zero attached hydrogens (tertiary/aromatic N) is 4. The first-order valence-corrected chi connectivity index (χ1v) is 15.1. The van der Waals surface area contributed by atoms with Crippen LogP contribution in [-0.2, 0) is 41.1 Å². The van der Waals surface area contributed by atoms with Gasteiger partial charge < -0.3 is 54.6 Å². The van der Waals surface area contributed by atoms with E-state index in [0.29, 0.717) is 0 Å². The Morgan fingerprint density at radius 1 is 1.05 bits per heavy atom. The lowest BCUT2D eigenvalue weighted by Gasteiger charge is -2.24. The summed E-state index contributed by atoms with van der Waals surface area (Å²) in [7, 11) is -16.4. The first-order valence-electron chi connectivity index (χ1n) is 10.5. The molecule has 22 nitrogen and oxygen atoms in total. The number of aromatic hydroxyl groups is 1. The summed E-state index contributed by atoms with van der Waals surface area (Å²) in [5.74, 6) is -0.574. The Kier molecular flexibility index (Phi) is 10.3. The van der Waals surface area contributed by atoms with Gasteiger partial charge in [-0.2, -0.15) is 9.29 Å². The molecule has 2 aromatic heterocycles. The van der Waals surface area contributed by atoms with Crippen LogP contribution in [0, 0.1) is 0 Å². The van der Waals surface area contributed by atoms with E-state index in [9.17, 15) is 53.8 Å². The second kappa shape index (κ2) is 12.6. The van der Waals surface area contributed by atoms with Gasteiger partial charge in [-0.05, 0) is 0 Å². The summed E-state index contributed by atoms with van der Waals surface area (Å²) in [5.41, 5.74) is -0.321. The van der Waals surface area contributed by atoms with Crippen LogP contribution in [-0.4, -0.2) is 121 Å². The maximum atomic E-state index is 12.9. The fraction of sp³-hybridized carbons (Fsp3) is 0.600. The molecule has 3 rings (SSSR count). The van der Waals surface area contributed by atoms with Crippen LogP contribution in [0.15, 0.2) is 12.7 Å². The number of imidazole rings is 1. The molecular weight excluding hydrogens is 617 g/mol. The Bertz CT molecular complexity index is 1330. The van der Waals surface area contributed by atoms with Gasteiger partial charge in [-0.3, -0.25) is 18.1 Å². The van der Waals surface area contributed by atoms with Crippen molar-refractivity contribution in [1.82, 2.24) is 19.5 Å². The molecular formula is C15H23N4O18P3. The van der Waals surface area contributed by atoms with Crippen molar-refractivity contribution in [1.29, 1.82) is 0 Å². The number of aliphatic hydroxyl groups is 4. The molecule has 8 atom stereocenters. The van der Waals surface area contributed by atoms with Gasteiger partial charge in [0, 0.05) is 0 Å². The summed E-state index contributed by atoms with van der Waals surface area (Å²) in [6.07, 6.45) is -12.0. The van der Waals surface area contributed by atoms with Gasteiger partial charge in [0.2, 0.25) is 5.88 Å². The molecule has 1 unspecified atom stereocenters. The molecule has 0 radical (unpaired) electrons. The number of phosphoric acid groups is 3. The van der Waals surface area contributed by atoms with E-state index in [2.05, 4.69) is 28.3 Å². The minimum absolute atomic E-state index is 0.144. The van der Waals surface area contributed by atoms with E-state index in [0.717, 1.165) is 17.2 Å². The van der Waals surface area contributed by atoms with Crippen molar-refractivity contribution in [2.45, 2.75) is 42.9 Å². The van der Waals surface area contributed by atoms with Crippen LogP contribution in [0.4, 0.5) is 0 Å². The Labute approximate surface area is 221 Å². The number of fused-ring (bicyclic) bond motifs is 1. The molecule has 3 heterocycles. The Balaban J connectivity index is 1.83. The van der Waals surface area contributed by atoms with Gasteiger partial charge in [-0.15, -0.1) is 0 Å². The predicted octanol–water partition coefficient (Wildman–Crippen LogP) is -3.20. The van der Waals surface area contributed by atoms with Crippen LogP contribution in [0.25, 0.3) is 11.2 Å². The highest BCUT2D eigenvalue weighted by Crippen LogP contribution is 2.61. The van der Waals surface area contributed by atoms with Gasteiger partial charge >= 0.3 is 23.5 Å². The molecule has 25 heteroatoms. The first kappa shape index (κ1) is 32.7. The lowest BCUT2D eigenvalue weighted by Crippen LogP contribution is -2.40. The highest BCUT2D eigenvalue weighted by Gasteiger charge is 2.50. The molecule has 0 aliphatic carbocycles. The van der Waals surface area contributed by atoms with Crippen molar-refractivity contribution in [2.24, 2.45) is 0 Å². The smallest absolute Gasteiger partial charge is 0.483 e. The molecule has 9 N–H and O–H groups in total. The largest absolute Gasteiger partial charge is 0.492 e. The van der Waals surface area contributed by atoms with Crippen molar-refractivity contribution >= 4 is 40.9 Å². The Morgan fingerprint density at radius 2 is 1.73 bits per heavy atom. The normalized spacial score (nSPS) is 25.9. The number of rotatable bonds is 14. The summed E-state index contributed by atoms with van der Waals surface area (Å²) in [5, 5.41) is 49.1. The minimum Gasteiger partial charge on any atom is -0.492 e. The summed E-state index contributed by atoms with van der Waals surface area (Å²) >= 11 is 0. The molecule has 2 aromatic rings. The van der Waals surface area contributed by atoms with Crippen LogP contribution in [0.1, 0.15) is 6.23 Å². The summed E-state index contributed by atoms with van der Waals surface area (Å²) in [6.45, 7) is -2.40. The topological polar surface area (TPSA) is 340 Å². The zero-order valence-electron chi connectivity index (χ0n) is 19.5. The Hall–Kier alpha value is -1.81. The van der Waals surface area contributed by atoms with E-state index < -0.39 is 85.4 Å². The van der Waals surface area contributed by atoms with Crippen molar-refractivity contribution in [2.75, 3.05) is 13.2 Å². The van der Waals surface area contributed by atoms with E-state index in [-0.39, 0.29) is 17.5 Å². The summed E-state index contributed by atoms with van der Waals surface area (Å²) in [4.78, 5) is 58.5. The molecule has 1 fully saturated rings. The summed E-state index contributed by atoms with van der Waals surface area (Å²) < 4.78 is 60.2. The minimum atomic E-state index is -5.64. The number of hydrogen-bond donors (Lipinski definition) is 9. The van der Waals surface area contributed by atoms with Gasteiger partial charge in [0.15, 0.2) is 23.7 Å². The number of aromatic nitrogens is 4. The number of ether oxygens (including phenoxy) is 1. The standard InChI is InChI=1S/C15H23N4O18P3/c20-1-6(21)10(23)7(22)2-33-40(32,37-39(29,30)31)34-3-8-11(24)12(36-38(26,27)28)15(35-8)19-5-18-9-13(19)16-4-17-14(9)25/h1,4-8,10-12,15,21-24H,2-3H2,(H,16,17,25)(H2,26,27,28)(H2,29,30,31)/t6-,7+,8+,10-,11+,12+,15+,40?/m0/s1. The second-order valence-electron chi connectivity index (χ2n) is 7.93. The Morgan fingerprint density at radius 3 is 2.33 bits per heavy atom. The fourth-order valence-corrected chi connectivity index (χ4v) is 6.04. The van der Waals surface area contributed by atoms with Gasteiger partial charge in [0.05, 0.1) is 19.5 Å².